The summed E-state index contributed by atoms with van der Waals surface area (Å²) in [5.74, 6) is 0.758. The highest BCUT2D eigenvalue weighted by molar-refractivity contribution is 5.16. The van der Waals surface area contributed by atoms with Crippen molar-refractivity contribution >= 4 is 0 Å². The van der Waals surface area contributed by atoms with Crippen LogP contribution >= 0.6 is 0 Å². The lowest BCUT2D eigenvalue weighted by Gasteiger charge is -2.11. The first-order valence-corrected chi connectivity index (χ1v) is 6.99. The molecule has 1 unspecified atom stereocenters. The molecule has 1 N–H and O–H groups in total. The summed E-state index contributed by atoms with van der Waals surface area (Å²) in [7, 11) is 0. The Morgan fingerprint density at radius 1 is 1.20 bits per heavy atom. The fourth-order valence-electron chi connectivity index (χ4n) is 1.84. The zero-order chi connectivity index (χ0) is 14.4. The smallest absolute Gasteiger partial charge is 0.162 e. The highest BCUT2D eigenvalue weighted by atomic mass is 16.5. The molecule has 108 valence electrons. The Bertz CT molecular complexity index is 508. The second kappa shape index (κ2) is 7.22. The van der Waals surface area contributed by atoms with Gasteiger partial charge in [-0.3, -0.25) is 0 Å². The summed E-state index contributed by atoms with van der Waals surface area (Å²) >= 11 is 0. The first kappa shape index (κ1) is 14.8. The molecule has 1 heterocycles. The first-order valence-electron chi connectivity index (χ1n) is 6.99. The third-order valence-electron chi connectivity index (χ3n) is 3.04. The van der Waals surface area contributed by atoms with Crippen LogP contribution < -0.4 is 5.32 Å². The minimum atomic E-state index is 0.0403. The fraction of sp³-hybridized carbons (Fsp3) is 0.438. The van der Waals surface area contributed by atoms with Gasteiger partial charge in [-0.15, -0.1) is 0 Å². The van der Waals surface area contributed by atoms with Crippen LogP contribution in [-0.2, 0) is 17.9 Å². The van der Waals surface area contributed by atoms with Crippen molar-refractivity contribution in [2.75, 3.05) is 0 Å². The maximum atomic E-state index is 5.80. The lowest BCUT2D eigenvalue weighted by atomic mass is 10.1. The molecule has 0 radical (unpaired) electrons. The molecular formula is C16H22N2O2. The molecule has 1 aromatic carbocycles. The molecule has 0 saturated carbocycles. The monoisotopic (exact) mass is 274 g/mol. The summed E-state index contributed by atoms with van der Waals surface area (Å²) in [5, 5.41) is 7.32. The average molecular weight is 274 g/mol. The van der Waals surface area contributed by atoms with Crippen LogP contribution in [0, 0.1) is 0 Å². The van der Waals surface area contributed by atoms with Gasteiger partial charge in [0.2, 0.25) is 0 Å². The van der Waals surface area contributed by atoms with Crippen LogP contribution in [0.2, 0.25) is 0 Å². The highest BCUT2D eigenvalue weighted by Crippen LogP contribution is 2.18. The minimum absolute atomic E-state index is 0.0403. The van der Waals surface area contributed by atoms with Crippen molar-refractivity contribution in [2.24, 2.45) is 0 Å². The van der Waals surface area contributed by atoms with E-state index in [4.69, 9.17) is 9.26 Å². The molecule has 2 aromatic rings. The van der Waals surface area contributed by atoms with Gasteiger partial charge < -0.3 is 14.6 Å². The van der Waals surface area contributed by atoms with E-state index in [1.807, 2.05) is 31.2 Å². The van der Waals surface area contributed by atoms with Crippen molar-refractivity contribution in [3.8, 4) is 0 Å². The van der Waals surface area contributed by atoms with Crippen LogP contribution in [-0.4, -0.2) is 11.2 Å². The zero-order valence-electron chi connectivity index (χ0n) is 12.3. The van der Waals surface area contributed by atoms with E-state index in [-0.39, 0.29) is 6.10 Å². The molecule has 0 amide bonds. The quantitative estimate of drug-likeness (QED) is 0.840. The molecule has 0 aliphatic carbocycles. The average Bonchev–Trinajstić information content (AvgIpc) is 2.91. The molecule has 20 heavy (non-hydrogen) atoms. The summed E-state index contributed by atoms with van der Waals surface area (Å²) < 4.78 is 11.1. The van der Waals surface area contributed by atoms with Crippen molar-refractivity contribution < 1.29 is 9.26 Å². The first-order chi connectivity index (χ1) is 9.65. The van der Waals surface area contributed by atoms with Gasteiger partial charge >= 0.3 is 0 Å². The van der Waals surface area contributed by atoms with E-state index >= 15 is 0 Å². The van der Waals surface area contributed by atoms with Crippen LogP contribution in [0.3, 0.4) is 0 Å². The number of hydrogen-bond donors (Lipinski definition) is 1. The van der Waals surface area contributed by atoms with Crippen LogP contribution in [0.15, 0.2) is 40.9 Å². The number of rotatable bonds is 7. The molecule has 0 bridgehead atoms. The summed E-state index contributed by atoms with van der Waals surface area (Å²) in [5.41, 5.74) is 2.07. The summed E-state index contributed by atoms with van der Waals surface area (Å²) in [6.07, 6.45) is 0.0403. The summed E-state index contributed by atoms with van der Waals surface area (Å²) in [6.45, 7) is 7.39. The van der Waals surface area contributed by atoms with Gasteiger partial charge in [-0.25, -0.2) is 0 Å². The lowest BCUT2D eigenvalue weighted by molar-refractivity contribution is 0.0390. The summed E-state index contributed by atoms with van der Waals surface area (Å²) in [4.78, 5) is 0. The molecule has 0 fully saturated rings. The van der Waals surface area contributed by atoms with Gasteiger partial charge in [0.05, 0.1) is 11.8 Å². The lowest BCUT2D eigenvalue weighted by Crippen LogP contribution is -2.21. The van der Waals surface area contributed by atoms with Gasteiger partial charge in [0.15, 0.2) is 5.76 Å². The number of ether oxygens (including phenoxy) is 1. The van der Waals surface area contributed by atoms with Crippen molar-refractivity contribution in [1.82, 2.24) is 10.5 Å². The normalized spacial score (nSPS) is 12.8. The van der Waals surface area contributed by atoms with Crippen molar-refractivity contribution in [2.45, 2.75) is 46.1 Å². The molecule has 4 nitrogen and oxygen atoms in total. The van der Waals surface area contributed by atoms with E-state index < -0.39 is 0 Å². The summed E-state index contributed by atoms with van der Waals surface area (Å²) in [6, 6.07) is 12.5. The molecule has 0 aliphatic heterocycles. The van der Waals surface area contributed by atoms with Gasteiger partial charge in [-0.2, -0.15) is 0 Å². The Balaban J connectivity index is 1.82. The van der Waals surface area contributed by atoms with Crippen LogP contribution in [0.25, 0.3) is 0 Å². The Labute approximate surface area is 120 Å². The Kier molecular flexibility index (Phi) is 5.32. The second-order valence-electron chi connectivity index (χ2n) is 5.18. The third-order valence-corrected chi connectivity index (χ3v) is 3.04. The number of nitrogens with zero attached hydrogens (tertiary/aromatic N) is 1. The number of nitrogens with one attached hydrogen (secondary N) is 1. The van der Waals surface area contributed by atoms with Crippen LogP contribution in [0.4, 0.5) is 0 Å². The maximum absolute atomic E-state index is 5.80. The molecule has 0 aliphatic rings. The number of hydrogen-bond acceptors (Lipinski definition) is 4. The highest BCUT2D eigenvalue weighted by Gasteiger charge is 2.09. The van der Waals surface area contributed by atoms with E-state index in [0.29, 0.717) is 12.6 Å². The van der Waals surface area contributed by atoms with Crippen LogP contribution in [0.1, 0.15) is 43.9 Å². The Morgan fingerprint density at radius 2 is 1.95 bits per heavy atom. The van der Waals surface area contributed by atoms with E-state index in [0.717, 1.165) is 23.6 Å². The fourth-order valence-corrected chi connectivity index (χ4v) is 1.84. The SMILES string of the molecule is CC(C)NCc1cc(COC(C)c2ccccc2)on1. The maximum Gasteiger partial charge on any atom is 0.162 e. The molecular weight excluding hydrogens is 252 g/mol. The van der Waals surface area contributed by atoms with Gasteiger partial charge in [0.1, 0.15) is 6.61 Å². The molecule has 0 saturated heterocycles. The molecule has 4 heteroatoms. The number of aromatic nitrogens is 1. The largest absolute Gasteiger partial charge is 0.366 e. The molecule has 2 rings (SSSR count). The van der Waals surface area contributed by atoms with E-state index in [1.165, 1.54) is 0 Å². The molecule has 0 spiro atoms. The minimum Gasteiger partial charge on any atom is -0.366 e. The Morgan fingerprint density at radius 3 is 2.65 bits per heavy atom. The van der Waals surface area contributed by atoms with Crippen LogP contribution in [0.5, 0.6) is 0 Å². The van der Waals surface area contributed by atoms with Gasteiger partial charge in [-0.1, -0.05) is 49.3 Å². The topological polar surface area (TPSA) is 47.3 Å². The van der Waals surface area contributed by atoms with Crippen molar-refractivity contribution in [1.29, 1.82) is 0 Å². The van der Waals surface area contributed by atoms with Gasteiger partial charge in [-0.05, 0) is 12.5 Å². The standard InChI is InChI=1S/C16H22N2O2/c1-12(2)17-10-15-9-16(20-18-15)11-19-13(3)14-7-5-4-6-8-14/h4-9,12-13,17H,10-11H2,1-3H3. The number of benzene rings is 1. The molecule has 1 atom stereocenters. The molecule has 1 aromatic heterocycles. The van der Waals surface area contributed by atoms with E-state index in [1.54, 1.807) is 0 Å². The van der Waals surface area contributed by atoms with Crippen molar-refractivity contribution in [3.63, 3.8) is 0 Å². The van der Waals surface area contributed by atoms with E-state index in [9.17, 15) is 0 Å². The third kappa shape index (κ3) is 4.47. The predicted octanol–water partition coefficient (Wildman–Crippen LogP) is 3.45. The van der Waals surface area contributed by atoms with Gasteiger partial charge in [0, 0.05) is 18.7 Å². The van der Waals surface area contributed by atoms with Crippen molar-refractivity contribution in [3.05, 3.63) is 53.4 Å². The van der Waals surface area contributed by atoms with E-state index in [2.05, 4.69) is 36.5 Å². The Hall–Kier alpha value is -1.65. The predicted molar refractivity (Wildman–Crippen MR) is 78.1 cm³/mol. The van der Waals surface area contributed by atoms with Gasteiger partial charge in [0.25, 0.3) is 0 Å². The zero-order valence-corrected chi connectivity index (χ0v) is 12.3. The second-order valence-corrected chi connectivity index (χ2v) is 5.18.